The van der Waals surface area contributed by atoms with Gasteiger partial charge in [-0.05, 0) is 42.7 Å². The summed E-state index contributed by atoms with van der Waals surface area (Å²) in [6.45, 7) is 4.74. The van der Waals surface area contributed by atoms with E-state index >= 15 is 0 Å². The van der Waals surface area contributed by atoms with Crippen molar-refractivity contribution in [2.75, 3.05) is 11.9 Å². The van der Waals surface area contributed by atoms with Crippen molar-refractivity contribution in [2.24, 2.45) is 0 Å². The number of aryl methyl sites for hydroxylation is 1. The molecule has 0 saturated carbocycles. The second-order valence-electron chi connectivity index (χ2n) is 5.84. The zero-order valence-electron chi connectivity index (χ0n) is 14.5. The molecule has 1 aromatic heterocycles. The van der Waals surface area contributed by atoms with Gasteiger partial charge in [-0.25, -0.2) is 9.97 Å². The van der Waals surface area contributed by atoms with Crippen LogP contribution in [0.2, 0.25) is 0 Å². The number of anilines is 2. The molecule has 0 unspecified atom stereocenters. The largest absolute Gasteiger partial charge is 0.349 e. The molecule has 0 spiro atoms. The number of benzene rings is 2. The first-order valence-corrected chi connectivity index (χ1v) is 8.62. The average molecular weight is 334 g/mol. The van der Waals surface area contributed by atoms with Gasteiger partial charge >= 0.3 is 0 Å². The minimum absolute atomic E-state index is 0.180. The lowest BCUT2D eigenvalue weighted by atomic mass is 10.1. The van der Waals surface area contributed by atoms with E-state index in [0.29, 0.717) is 12.4 Å². The van der Waals surface area contributed by atoms with E-state index in [4.69, 9.17) is 0 Å². The number of hydrogen-bond donors (Lipinski definition) is 2. The molecule has 0 fully saturated rings. The molecule has 0 aliphatic rings. The summed E-state index contributed by atoms with van der Waals surface area (Å²) in [7, 11) is 0. The fraction of sp³-hybridized carbons (Fsp3) is 0.250. The van der Waals surface area contributed by atoms with Gasteiger partial charge < -0.3 is 10.6 Å². The molecule has 3 rings (SSSR count). The van der Waals surface area contributed by atoms with E-state index < -0.39 is 0 Å². The number of amides is 1. The lowest BCUT2D eigenvalue weighted by Gasteiger charge is -2.11. The van der Waals surface area contributed by atoms with E-state index in [-0.39, 0.29) is 11.7 Å². The average Bonchev–Trinajstić information content (AvgIpc) is 2.66. The summed E-state index contributed by atoms with van der Waals surface area (Å²) in [5, 5.41) is 7.03. The predicted molar refractivity (Wildman–Crippen MR) is 101 cm³/mol. The van der Waals surface area contributed by atoms with Crippen LogP contribution < -0.4 is 10.6 Å². The molecule has 2 aromatic carbocycles. The molecule has 0 radical (unpaired) electrons. The summed E-state index contributed by atoms with van der Waals surface area (Å²) in [5.74, 6) is 0.563. The molecule has 0 saturated heterocycles. The Labute approximate surface area is 147 Å². The van der Waals surface area contributed by atoms with Gasteiger partial charge in [0, 0.05) is 17.6 Å². The maximum Gasteiger partial charge on any atom is 0.289 e. The molecule has 5 nitrogen and oxygen atoms in total. The third-order valence-corrected chi connectivity index (χ3v) is 3.97. The fourth-order valence-corrected chi connectivity index (χ4v) is 2.55. The molecular formula is C20H22N4O. The first-order chi connectivity index (χ1) is 12.2. The number of carbonyl (C=O) groups is 1. The fourth-order valence-electron chi connectivity index (χ4n) is 2.55. The molecule has 25 heavy (non-hydrogen) atoms. The molecule has 0 aliphatic heterocycles. The number of aromatic nitrogens is 2. The zero-order chi connectivity index (χ0) is 17.6. The molecule has 1 amide bonds. The van der Waals surface area contributed by atoms with Crippen molar-refractivity contribution in [2.45, 2.75) is 26.7 Å². The Kier molecular flexibility index (Phi) is 5.23. The Bertz CT molecular complexity index is 875. The van der Waals surface area contributed by atoms with E-state index in [1.54, 1.807) is 0 Å². The molecular weight excluding hydrogens is 312 g/mol. The summed E-state index contributed by atoms with van der Waals surface area (Å²) >= 11 is 0. The molecule has 2 N–H and O–H groups in total. The number of rotatable bonds is 6. The zero-order valence-corrected chi connectivity index (χ0v) is 14.5. The normalized spacial score (nSPS) is 10.6. The monoisotopic (exact) mass is 334 g/mol. The first kappa shape index (κ1) is 16.9. The van der Waals surface area contributed by atoms with Crippen molar-refractivity contribution in [3.8, 4) is 0 Å². The summed E-state index contributed by atoms with van der Waals surface area (Å²) in [4.78, 5) is 21.1. The third-order valence-electron chi connectivity index (χ3n) is 3.97. The van der Waals surface area contributed by atoms with Crippen molar-refractivity contribution in [1.29, 1.82) is 0 Å². The van der Waals surface area contributed by atoms with Crippen LogP contribution in [0.3, 0.4) is 0 Å². The van der Waals surface area contributed by atoms with Gasteiger partial charge in [-0.15, -0.1) is 0 Å². The Hall–Kier alpha value is -2.95. The highest BCUT2D eigenvalue weighted by Gasteiger charge is 2.13. The second kappa shape index (κ2) is 7.75. The molecule has 0 aliphatic carbocycles. The summed E-state index contributed by atoms with van der Waals surface area (Å²) in [6.07, 6.45) is 1.87. The molecule has 5 heteroatoms. The van der Waals surface area contributed by atoms with Crippen LogP contribution in [0, 0.1) is 0 Å². The number of fused-ring (bicyclic) bond motifs is 1. The van der Waals surface area contributed by atoms with Crippen LogP contribution in [0.4, 0.5) is 11.5 Å². The van der Waals surface area contributed by atoms with Gasteiger partial charge in [-0.1, -0.05) is 38.1 Å². The van der Waals surface area contributed by atoms with Gasteiger partial charge in [0.1, 0.15) is 5.82 Å². The van der Waals surface area contributed by atoms with Crippen LogP contribution in [-0.2, 0) is 6.42 Å². The third kappa shape index (κ3) is 3.94. The lowest BCUT2D eigenvalue weighted by Crippen LogP contribution is -2.26. The van der Waals surface area contributed by atoms with Gasteiger partial charge in [-0.3, -0.25) is 4.79 Å². The van der Waals surface area contributed by atoms with E-state index in [9.17, 15) is 4.79 Å². The van der Waals surface area contributed by atoms with Crippen LogP contribution in [0.15, 0.2) is 48.5 Å². The van der Waals surface area contributed by atoms with Crippen LogP contribution in [0.1, 0.15) is 36.5 Å². The molecule has 3 aromatic rings. The van der Waals surface area contributed by atoms with Crippen molar-refractivity contribution in [3.63, 3.8) is 0 Å². The molecule has 0 bridgehead atoms. The van der Waals surface area contributed by atoms with Gasteiger partial charge in [0.05, 0.1) is 5.52 Å². The maximum absolute atomic E-state index is 12.3. The molecule has 0 atom stereocenters. The quantitative estimate of drug-likeness (QED) is 0.713. The Morgan fingerprint density at radius 3 is 2.48 bits per heavy atom. The summed E-state index contributed by atoms with van der Waals surface area (Å²) in [6, 6.07) is 15.9. The molecule has 1 heterocycles. The smallest absolute Gasteiger partial charge is 0.289 e. The SMILES string of the molecule is CCCNC(=O)c1nc(Nc2ccc(CC)cc2)c2ccccc2n1. The summed E-state index contributed by atoms with van der Waals surface area (Å²) in [5.41, 5.74) is 2.95. The van der Waals surface area contributed by atoms with Crippen molar-refractivity contribution in [3.05, 3.63) is 59.9 Å². The van der Waals surface area contributed by atoms with E-state index in [2.05, 4.69) is 39.7 Å². The predicted octanol–water partition coefficient (Wildman–Crippen LogP) is 4.08. The van der Waals surface area contributed by atoms with Crippen molar-refractivity contribution in [1.82, 2.24) is 15.3 Å². The number of nitrogens with zero attached hydrogens (tertiary/aromatic N) is 2. The topological polar surface area (TPSA) is 66.9 Å². The van der Waals surface area contributed by atoms with E-state index in [1.807, 2.05) is 43.3 Å². The minimum Gasteiger partial charge on any atom is -0.349 e. The lowest BCUT2D eigenvalue weighted by molar-refractivity contribution is 0.0944. The summed E-state index contributed by atoms with van der Waals surface area (Å²) < 4.78 is 0. The van der Waals surface area contributed by atoms with Crippen LogP contribution in [0.25, 0.3) is 10.9 Å². The van der Waals surface area contributed by atoms with Gasteiger partial charge in [-0.2, -0.15) is 0 Å². The number of para-hydroxylation sites is 1. The van der Waals surface area contributed by atoms with E-state index in [1.165, 1.54) is 5.56 Å². The van der Waals surface area contributed by atoms with Crippen LogP contribution in [0.5, 0.6) is 0 Å². The van der Waals surface area contributed by atoms with Crippen LogP contribution in [-0.4, -0.2) is 22.4 Å². The highest BCUT2D eigenvalue weighted by atomic mass is 16.2. The number of nitrogens with one attached hydrogen (secondary N) is 2. The van der Waals surface area contributed by atoms with Gasteiger partial charge in [0.2, 0.25) is 5.82 Å². The minimum atomic E-state index is -0.253. The van der Waals surface area contributed by atoms with Crippen molar-refractivity contribution < 1.29 is 4.79 Å². The van der Waals surface area contributed by atoms with E-state index in [0.717, 1.165) is 29.4 Å². The van der Waals surface area contributed by atoms with Crippen LogP contribution >= 0.6 is 0 Å². The Morgan fingerprint density at radius 1 is 1.00 bits per heavy atom. The number of carbonyl (C=O) groups excluding carboxylic acids is 1. The first-order valence-electron chi connectivity index (χ1n) is 8.62. The highest BCUT2D eigenvalue weighted by molar-refractivity contribution is 5.97. The maximum atomic E-state index is 12.3. The highest BCUT2D eigenvalue weighted by Crippen LogP contribution is 2.24. The van der Waals surface area contributed by atoms with Gasteiger partial charge in [0.25, 0.3) is 5.91 Å². The Balaban J connectivity index is 1.97. The van der Waals surface area contributed by atoms with Crippen molar-refractivity contribution >= 4 is 28.3 Å². The molecule has 128 valence electrons. The Morgan fingerprint density at radius 2 is 1.76 bits per heavy atom. The standard InChI is InChI=1S/C20H22N4O/c1-3-13-21-20(25)19-23-17-8-6-5-7-16(17)18(24-19)22-15-11-9-14(4-2)10-12-15/h5-12H,3-4,13H2,1-2H3,(H,21,25)(H,22,23,24). The van der Waals surface area contributed by atoms with Gasteiger partial charge in [0.15, 0.2) is 0 Å². The second-order valence-corrected chi connectivity index (χ2v) is 5.84. The number of hydrogen-bond acceptors (Lipinski definition) is 4.